The number of halogens is 1. The van der Waals surface area contributed by atoms with Crippen LogP contribution in [0.25, 0.3) is 0 Å². The molecule has 3 rings (SSSR count). The number of hydrogen-bond donors (Lipinski definition) is 2. The molecule has 1 heterocycles. The van der Waals surface area contributed by atoms with Crippen LogP contribution in [0, 0.1) is 5.82 Å². The largest absolute Gasteiger partial charge is 0.496 e. The Balaban J connectivity index is 1.60. The fraction of sp³-hybridized carbons (Fsp3) is 0.143. The van der Waals surface area contributed by atoms with Gasteiger partial charge in [0.2, 0.25) is 0 Å². The smallest absolute Gasteiger partial charge is 0.270 e. The van der Waals surface area contributed by atoms with Gasteiger partial charge in [-0.2, -0.15) is 0 Å². The van der Waals surface area contributed by atoms with Gasteiger partial charge in [0.05, 0.1) is 7.11 Å². The fourth-order valence-corrected chi connectivity index (χ4v) is 2.59. The molecule has 5 nitrogen and oxygen atoms in total. The molecule has 0 saturated carbocycles. The summed E-state index contributed by atoms with van der Waals surface area (Å²) in [7, 11) is 1.60. The lowest BCUT2D eigenvalue weighted by atomic mass is 10.2. The molecular weight excluding hydrogens is 345 g/mol. The zero-order chi connectivity index (χ0) is 19.1. The molecule has 0 aliphatic rings. The third-order valence-corrected chi connectivity index (χ3v) is 4.03. The van der Waals surface area contributed by atoms with Crippen molar-refractivity contribution in [3.8, 4) is 5.75 Å². The zero-order valence-electron chi connectivity index (χ0n) is 14.9. The van der Waals surface area contributed by atoms with Crippen molar-refractivity contribution < 1.29 is 13.9 Å². The normalized spacial score (nSPS) is 10.3. The third kappa shape index (κ3) is 5.04. The Morgan fingerprint density at radius 3 is 2.63 bits per heavy atom. The minimum absolute atomic E-state index is 0.267. The maximum absolute atomic E-state index is 13.0. The molecule has 0 atom stereocenters. The number of methoxy groups -OCH3 is 1. The molecule has 0 aliphatic carbocycles. The van der Waals surface area contributed by atoms with Crippen LogP contribution in [0.4, 0.5) is 10.1 Å². The Labute approximate surface area is 157 Å². The van der Waals surface area contributed by atoms with E-state index in [9.17, 15) is 9.18 Å². The summed E-state index contributed by atoms with van der Waals surface area (Å²) >= 11 is 0. The second-order valence-corrected chi connectivity index (χ2v) is 5.90. The van der Waals surface area contributed by atoms with Crippen LogP contribution >= 0.6 is 0 Å². The molecule has 0 fully saturated rings. The average molecular weight is 365 g/mol. The number of para-hydroxylation sites is 1. The maximum Gasteiger partial charge on any atom is 0.270 e. The van der Waals surface area contributed by atoms with Gasteiger partial charge in [-0.05, 0) is 35.9 Å². The second-order valence-electron chi connectivity index (χ2n) is 5.90. The highest BCUT2D eigenvalue weighted by atomic mass is 19.1. The van der Waals surface area contributed by atoms with E-state index in [2.05, 4.69) is 15.6 Å². The van der Waals surface area contributed by atoms with Gasteiger partial charge in [0.25, 0.3) is 5.91 Å². The van der Waals surface area contributed by atoms with E-state index < -0.39 is 0 Å². The quantitative estimate of drug-likeness (QED) is 0.669. The van der Waals surface area contributed by atoms with E-state index in [0.717, 1.165) is 22.6 Å². The number of carbonyl (C=O) groups is 1. The highest BCUT2D eigenvalue weighted by molar-refractivity contribution is 5.93. The standard InChI is InChI=1S/C21H20FN3O2/c1-27-20-5-3-2-4-16(20)14-25-21(26)19-12-18(10-11-23-19)24-13-15-6-8-17(22)9-7-15/h2-12H,13-14H2,1H3,(H,23,24)(H,25,26). The van der Waals surface area contributed by atoms with Crippen molar-refractivity contribution >= 4 is 11.6 Å². The summed E-state index contributed by atoms with van der Waals surface area (Å²) in [4.78, 5) is 16.5. The van der Waals surface area contributed by atoms with Crippen molar-refractivity contribution in [3.05, 3.63) is 89.5 Å². The van der Waals surface area contributed by atoms with Gasteiger partial charge in [-0.25, -0.2) is 4.39 Å². The Morgan fingerprint density at radius 2 is 1.85 bits per heavy atom. The van der Waals surface area contributed by atoms with E-state index in [1.807, 2.05) is 24.3 Å². The number of amides is 1. The molecule has 0 radical (unpaired) electrons. The van der Waals surface area contributed by atoms with E-state index in [1.165, 1.54) is 12.1 Å². The molecule has 0 bridgehead atoms. The van der Waals surface area contributed by atoms with E-state index in [1.54, 1.807) is 37.6 Å². The van der Waals surface area contributed by atoms with Crippen LogP contribution in [0.15, 0.2) is 66.9 Å². The van der Waals surface area contributed by atoms with Crippen molar-refractivity contribution in [2.24, 2.45) is 0 Å². The predicted molar refractivity (Wildman–Crippen MR) is 102 cm³/mol. The van der Waals surface area contributed by atoms with E-state index in [-0.39, 0.29) is 11.7 Å². The van der Waals surface area contributed by atoms with Gasteiger partial charge >= 0.3 is 0 Å². The first-order valence-electron chi connectivity index (χ1n) is 8.50. The number of benzene rings is 2. The van der Waals surface area contributed by atoms with Crippen LogP contribution in [-0.4, -0.2) is 18.0 Å². The molecule has 6 heteroatoms. The monoisotopic (exact) mass is 365 g/mol. The van der Waals surface area contributed by atoms with Crippen molar-refractivity contribution in [1.29, 1.82) is 0 Å². The topological polar surface area (TPSA) is 63.2 Å². The summed E-state index contributed by atoms with van der Waals surface area (Å²) in [5.74, 6) is 0.184. The number of nitrogens with one attached hydrogen (secondary N) is 2. The summed E-state index contributed by atoms with van der Waals surface area (Å²) < 4.78 is 18.2. The van der Waals surface area contributed by atoms with Gasteiger partial charge in [-0.1, -0.05) is 30.3 Å². The van der Waals surface area contributed by atoms with Crippen molar-refractivity contribution in [2.45, 2.75) is 13.1 Å². The van der Waals surface area contributed by atoms with Gasteiger partial charge in [-0.3, -0.25) is 9.78 Å². The van der Waals surface area contributed by atoms with E-state index in [0.29, 0.717) is 18.8 Å². The minimum atomic E-state index is -0.272. The highest BCUT2D eigenvalue weighted by Gasteiger charge is 2.09. The van der Waals surface area contributed by atoms with E-state index >= 15 is 0 Å². The molecule has 2 N–H and O–H groups in total. The molecule has 0 unspecified atom stereocenters. The minimum Gasteiger partial charge on any atom is -0.496 e. The van der Waals surface area contributed by atoms with Crippen LogP contribution in [-0.2, 0) is 13.1 Å². The number of rotatable bonds is 7. The molecule has 0 spiro atoms. The lowest BCUT2D eigenvalue weighted by molar-refractivity contribution is 0.0945. The number of pyridine rings is 1. The summed E-state index contributed by atoms with van der Waals surface area (Å²) in [5.41, 5.74) is 2.90. The number of carbonyl (C=O) groups excluding carboxylic acids is 1. The summed E-state index contributed by atoms with van der Waals surface area (Å²) in [6.45, 7) is 0.865. The van der Waals surface area contributed by atoms with Crippen LogP contribution in [0.2, 0.25) is 0 Å². The van der Waals surface area contributed by atoms with Gasteiger partial charge in [0.1, 0.15) is 17.3 Å². The third-order valence-electron chi connectivity index (χ3n) is 4.03. The zero-order valence-corrected chi connectivity index (χ0v) is 14.9. The first-order valence-corrected chi connectivity index (χ1v) is 8.50. The molecular formula is C21H20FN3O2. The maximum atomic E-state index is 13.0. The van der Waals surface area contributed by atoms with Crippen molar-refractivity contribution in [3.63, 3.8) is 0 Å². The number of nitrogens with zero attached hydrogens (tertiary/aromatic N) is 1. The summed E-state index contributed by atoms with van der Waals surface area (Å²) in [5, 5.41) is 6.05. The number of anilines is 1. The Hall–Kier alpha value is -3.41. The van der Waals surface area contributed by atoms with Crippen molar-refractivity contribution in [2.75, 3.05) is 12.4 Å². The van der Waals surface area contributed by atoms with E-state index in [4.69, 9.17) is 4.74 Å². The highest BCUT2D eigenvalue weighted by Crippen LogP contribution is 2.17. The fourth-order valence-electron chi connectivity index (χ4n) is 2.59. The van der Waals surface area contributed by atoms with Gasteiger partial charge < -0.3 is 15.4 Å². The molecule has 2 aromatic carbocycles. The molecule has 0 saturated heterocycles. The molecule has 138 valence electrons. The lowest BCUT2D eigenvalue weighted by Gasteiger charge is -2.10. The van der Waals surface area contributed by atoms with Gasteiger partial charge in [-0.15, -0.1) is 0 Å². The Morgan fingerprint density at radius 1 is 1.07 bits per heavy atom. The SMILES string of the molecule is COc1ccccc1CNC(=O)c1cc(NCc2ccc(F)cc2)ccn1. The Bertz CT molecular complexity index is 913. The van der Waals surface area contributed by atoms with Crippen molar-refractivity contribution in [1.82, 2.24) is 10.3 Å². The number of ether oxygens (including phenoxy) is 1. The lowest BCUT2D eigenvalue weighted by Crippen LogP contribution is -2.24. The first kappa shape index (κ1) is 18.4. The van der Waals surface area contributed by atoms with Crippen LogP contribution in [0.1, 0.15) is 21.6 Å². The second kappa shape index (κ2) is 8.80. The average Bonchev–Trinajstić information content (AvgIpc) is 2.72. The molecule has 1 amide bonds. The van der Waals surface area contributed by atoms with Crippen LogP contribution in [0.3, 0.4) is 0 Å². The predicted octanol–water partition coefficient (Wildman–Crippen LogP) is 3.77. The van der Waals surface area contributed by atoms with Gasteiger partial charge in [0.15, 0.2) is 0 Å². The first-order chi connectivity index (χ1) is 13.2. The molecule has 27 heavy (non-hydrogen) atoms. The number of aromatic nitrogens is 1. The Kier molecular flexibility index (Phi) is 5.99. The summed E-state index contributed by atoms with van der Waals surface area (Å²) in [6, 6.07) is 17.2. The van der Waals surface area contributed by atoms with Crippen LogP contribution < -0.4 is 15.4 Å². The number of hydrogen-bond acceptors (Lipinski definition) is 4. The molecule has 3 aromatic rings. The van der Waals surface area contributed by atoms with Crippen LogP contribution in [0.5, 0.6) is 5.75 Å². The van der Waals surface area contributed by atoms with Gasteiger partial charge in [0, 0.05) is 30.5 Å². The molecule has 1 aromatic heterocycles. The summed E-state index contributed by atoms with van der Waals surface area (Å²) in [6.07, 6.45) is 1.57. The molecule has 0 aliphatic heterocycles.